The first-order chi connectivity index (χ1) is 17.4. The topological polar surface area (TPSA) is 99.1 Å². The number of carbonyl (C=O) groups excluding carboxylic acids is 1. The van der Waals surface area contributed by atoms with E-state index in [1.165, 1.54) is 16.6 Å². The van der Waals surface area contributed by atoms with Gasteiger partial charge in [-0.2, -0.15) is 5.10 Å². The van der Waals surface area contributed by atoms with Crippen molar-refractivity contribution in [1.82, 2.24) is 5.43 Å². The maximum absolute atomic E-state index is 13.8. The summed E-state index contributed by atoms with van der Waals surface area (Å²) in [4.78, 5) is 13.2. The Morgan fingerprint density at radius 3 is 2.25 bits per heavy atom. The second-order valence-electron chi connectivity index (χ2n) is 8.09. The lowest BCUT2D eigenvalue weighted by Crippen LogP contribution is -2.33. The summed E-state index contributed by atoms with van der Waals surface area (Å²) in [6, 6.07) is 28.8. The van der Waals surface area contributed by atoms with Gasteiger partial charge in [0.2, 0.25) is 0 Å². The van der Waals surface area contributed by atoms with Gasteiger partial charge < -0.3 is 5.11 Å². The second kappa shape index (κ2) is 10.9. The van der Waals surface area contributed by atoms with E-state index in [2.05, 4.69) is 10.5 Å². The highest BCUT2D eigenvalue weighted by Gasteiger charge is 2.28. The number of rotatable bonds is 8. The third kappa shape index (κ3) is 5.61. The van der Waals surface area contributed by atoms with Crippen LogP contribution in [0.4, 0.5) is 5.69 Å². The Bertz CT molecular complexity index is 1480. The number of benzene rings is 4. The summed E-state index contributed by atoms with van der Waals surface area (Å²) in [6.07, 6.45) is 1.32. The molecule has 182 valence electrons. The number of nitrogens with one attached hydrogen (secondary N) is 1. The first kappa shape index (κ1) is 24.7. The Kier molecular flexibility index (Phi) is 7.46. The van der Waals surface area contributed by atoms with Crippen LogP contribution in [-0.4, -0.2) is 25.6 Å². The molecule has 0 saturated carbocycles. The normalized spacial score (nSPS) is 11.4. The van der Waals surface area contributed by atoms with Crippen LogP contribution >= 0.6 is 0 Å². The molecule has 0 radical (unpaired) electrons. The van der Waals surface area contributed by atoms with Crippen LogP contribution in [0, 0.1) is 6.92 Å². The number of hydrogen-bond donors (Lipinski definition) is 2. The molecule has 0 fully saturated rings. The Labute approximate surface area is 210 Å². The summed E-state index contributed by atoms with van der Waals surface area (Å²) < 4.78 is 28.8. The average molecular weight is 500 g/mol. The molecule has 2 N–H and O–H groups in total. The van der Waals surface area contributed by atoms with Crippen LogP contribution < -0.4 is 9.73 Å². The van der Waals surface area contributed by atoms with Gasteiger partial charge in [-0.15, -0.1) is 0 Å². The van der Waals surface area contributed by atoms with Gasteiger partial charge in [0.25, 0.3) is 15.9 Å². The number of para-hydroxylation sites is 2. The molecule has 0 unspecified atom stereocenters. The molecule has 0 heterocycles. The molecular weight excluding hydrogens is 474 g/mol. The second-order valence-corrected chi connectivity index (χ2v) is 9.95. The summed E-state index contributed by atoms with van der Waals surface area (Å²) in [6.45, 7) is 1.91. The third-order valence-electron chi connectivity index (χ3n) is 5.50. The van der Waals surface area contributed by atoms with Gasteiger partial charge in [0.15, 0.2) is 0 Å². The molecule has 0 aliphatic heterocycles. The molecule has 0 atom stereocenters. The SMILES string of the molecule is Cc1ccc(S(=O)(=O)N(Cc2ccccc2)c2ccccc2C(=O)N/N=C\c2ccccc2O)cc1. The monoisotopic (exact) mass is 499 g/mol. The fourth-order valence-electron chi connectivity index (χ4n) is 3.59. The lowest BCUT2D eigenvalue weighted by atomic mass is 10.1. The van der Waals surface area contributed by atoms with Crippen LogP contribution in [-0.2, 0) is 16.6 Å². The molecule has 1 amide bonds. The highest BCUT2D eigenvalue weighted by atomic mass is 32.2. The van der Waals surface area contributed by atoms with Gasteiger partial charge in [0.1, 0.15) is 5.75 Å². The van der Waals surface area contributed by atoms with Crippen molar-refractivity contribution in [2.45, 2.75) is 18.4 Å². The molecule has 4 aromatic carbocycles. The number of phenols is 1. The molecule has 0 spiro atoms. The summed E-state index contributed by atoms with van der Waals surface area (Å²) in [5.41, 5.74) is 4.92. The summed E-state index contributed by atoms with van der Waals surface area (Å²) in [7, 11) is -4.01. The molecule has 0 aliphatic carbocycles. The van der Waals surface area contributed by atoms with Crippen LogP contribution in [0.3, 0.4) is 0 Å². The zero-order valence-electron chi connectivity index (χ0n) is 19.6. The lowest BCUT2D eigenvalue weighted by Gasteiger charge is -2.26. The van der Waals surface area contributed by atoms with Crippen LogP contribution in [0.2, 0.25) is 0 Å². The van der Waals surface area contributed by atoms with Gasteiger partial charge in [0, 0.05) is 5.56 Å². The minimum atomic E-state index is -4.01. The maximum atomic E-state index is 13.8. The van der Waals surface area contributed by atoms with E-state index < -0.39 is 15.9 Å². The zero-order chi connectivity index (χ0) is 25.5. The van der Waals surface area contributed by atoms with E-state index in [4.69, 9.17) is 0 Å². The number of aromatic hydroxyl groups is 1. The molecule has 4 rings (SSSR count). The maximum Gasteiger partial charge on any atom is 0.273 e. The fraction of sp³-hybridized carbons (Fsp3) is 0.0714. The van der Waals surface area contributed by atoms with Crippen molar-refractivity contribution in [2.75, 3.05) is 4.31 Å². The number of hydrogen-bond acceptors (Lipinski definition) is 5. The van der Waals surface area contributed by atoms with Crippen LogP contribution in [0.25, 0.3) is 0 Å². The van der Waals surface area contributed by atoms with Gasteiger partial charge in [-0.3, -0.25) is 9.10 Å². The summed E-state index contributed by atoms with van der Waals surface area (Å²) in [5.74, 6) is -0.566. The summed E-state index contributed by atoms with van der Waals surface area (Å²) >= 11 is 0. The largest absolute Gasteiger partial charge is 0.507 e. The smallest absolute Gasteiger partial charge is 0.273 e. The van der Waals surface area contributed by atoms with Crippen LogP contribution in [0.15, 0.2) is 113 Å². The number of sulfonamides is 1. The van der Waals surface area contributed by atoms with Gasteiger partial charge in [0.05, 0.1) is 28.9 Å². The van der Waals surface area contributed by atoms with Crippen molar-refractivity contribution < 1.29 is 18.3 Å². The van der Waals surface area contributed by atoms with Crippen molar-refractivity contribution in [2.24, 2.45) is 5.10 Å². The lowest BCUT2D eigenvalue weighted by molar-refractivity contribution is 0.0955. The minimum absolute atomic E-state index is 0.0223. The van der Waals surface area contributed by atoms with Gasteiger partial charge in [-0.1, -0.05) is 72.3 Å². The van der Waals surface area contributed by atoms with E-state index in [0.29, 0.717) is 5.56 Å². The van der Waals surface area contributed by atoms with Gasteiger partial charge in [-0.25, -0.2) is 13.8 Å². The van der Waals surface area contributed by atoms with Crippen molar-refractivity contribution >= 4 is 27.8 Å². The van der Waals surface area contributed by atoms with Gasteiger partial charge >= 0.3 is 0 Å². The average Bonchev–Trinajstić information content (AvgIpc) is 2.89. The Hall–Kier alpha value is -4.43. The Morgan fingerprint density at radius 1 is 0.889 bits per heavy atom. The van der Waals surface area contributed by atoms with Gasteiger partial charge in [-0.05, 0) is 48.9 Å². The highest BCUT2D eigenvalue weighted by Crippen LogP contribution is 2.29. The van der Waals surface area contributed by atoms with Crippen molar-refractivity contribution in [3.63, 3.8) is 0 Å². The predicted octanol–water partition coefficient (Wildman–Crippen LogP) is 4.86. The number of hydrazone groups is 1. The molecule has 7 nitrogen and oxygen atoms in total. The molecule has 0 aliphatic rings. The van der Waals surface area contributed by atoms with Crippen molar-refractivity contribution in [1.29, 1.82) is 0 Å². The molecule has 0 aromatic heterocycles. The van der Waals surface area contributed by atoms with Crippen LogP contribution in [0.1, 0.15) is 27.0 Å². The molecule has 36 heavy (non-hydrogen) atoms. The van der Waals surface area contributed by atoms with Crippen molar-refractivity contribution in [3.05, 3.63) is 125 Å². The predicted molar refractivity (Wildman–Crippen MR) is 141 cm³/mol. The van der Waals surface area contributed by atoms with E-state index in [-0.39, 0.29) is 28.4 Å². The number of nitrogens with zero attached hydrogens (tertiary/aromatic N) is 2. The van der Waals surface area contributed by atoms with E-state index in [1.807, 2.05) is 37.3 Å². The number of amides is 1. The summed E-state index contributed by atoms with van der Waals surface area (Å²) in [5, 5.41) is 13.8. The number of carbonyl (C=O) groups is 1. The van der Waals surface area contributed by atoms with E-state index in [1.54, 1.807) is 66.7 Å². The van der Waals surface area contributed by atoms with E-state index in [0.717, 1.165) is 11.1 Å². The Morgan fingerprint density at radius 2 is 1.53 bits per heavy atom. The molecule has 0 saturated heterocycles. The van der Waals surface area contributed by atoms with Crippen LogP contribution in [0.5, 0.6) is 5.75 Å². The molecule has 8 heteroatoms. The van der Waals surface area contributed by atoms with Crippen molar-refractivity contribution in [3.8, 4) is 5.75 Å². The fourth-order valence-corrected chi connectivity index (χ4v) is 5.06. The molecular formula is C28H25N3O4S. The number of phenolic OH excluding ortho intramolecular Hbond substituents is 1. The zero-order valence-corrected chi connectivity index (χ0v) is 20.4. The van der Waals surface area contributed by atoms with E-state index in [9.17, 15) is 18.3 Å². The molecule has 0 bridgehead atoms. The standard InChI is InChI=1S/C28H25N3O4S/c1-21-15-17-24(18-16-21)36(34,35)31(20-22-9-3-2-4-10-22)26-13-7-6-12-25(26)28(33)30-29-19-23-11-5-8-14-27(23)32/h2-19,32H,20H2,1H3,(H,30,33)/b29-19-. The quantitative estimate of drug-likeness (QED) is 0.267. The number of anilines is 1. The first-order valence-corrected chi connectivity index (χ1v) is 12.6. The number of aryl methyl sites for hydroxylation is 1. The third-order valence-corrected chi connectivity index (χ3v) is 7.28. The highest BCUT2D eigenvalue weighted by molar-refractivity contribution is 7.92. The molecule has 4 aromatic rings. The van der Waals surface area contributed by atoms with E-state index >= 15 is 0 Å². The minimum Gasteiger partial charge on any atom is -0.507 e. The first-order valence-electron chi connectivity index (χ1n) is 11.2. The Balaban J connectivity index is 1.71.